The number of nitrogens with one attached hydrogen (secondary N) is 2. The van der Waals surface area contributed by atoms with Gasteiger partial charge < -0.3 is 15.4 Å². The van der Waals surface area contributed by atoms with E-state index in [4.69, 9.17) is 21.3 Å². The van der Waals surface area contributed by atoms with Gasteiger partial charge in [-0.15, -0.1) is 0 Å². The highest BCUT2D eigenvalue weighted by atomic mass is 35.5. The summed E-state index contributed by atoms with van der Waals surface area (Å²) in [7, 11) is 0. The van der Waals surface area contributed by atoms with Gasteiger partial charge in [0.25, 0.3) is 0 Å². The van der Waals surface area contributed by atoms with E-state index < -0.39 is 0 Å². The number of ether oxygens (including phenoxy) is 1. The second-order valence-electron chi connectivity index (χ2n) is 6.91. The fourth-order valence-corrected chi connectivity index (χ4v) is 2.99. The fraction of sp³-hybridized carbons (Fsp3) is 0.632. The third kappa shape index (κ3) is 6.84. The molecule has 5 nitrogen and oxygen atoms in total. The van der Waals surface area contributed by atoms with Gasteiger partial charge in [0.2, 0.25) is 0 Å². The van der Waals surface area contributed by atoms with Crippen molar-refractivity contribution in [2.45, 2.75) is 32.7 Å². The van der Waals surface area contributed by atoms with E-state index in [0.29, 0.717) is 0 Å². The summed E-state index contributed by atoms with van der Waals surface area (Å²) in [4.78, 5) is 7.25. The number of hydrogen-bond donors (Lipinski definition) is 2. The molecule has 1 aromatic carbocycles. The predicted octanol–water partition coefficient (Wildman–Crippen LogP) is 2.55. The van der Waals surface area contributed by atoms with Gasteiger partial charge in [0.15, 0.2) is 5.96 Å². The molecule has 1 saturated heterocycles. The maximum absolute atomic E-state index is 5.93. The summed E-state index contributed by atoms with van der Waals surface area (Å²) in [6, 6.07) is 7.99. The molecule has 0 amide bonds. The zero-order chi connectivity index (χ0) is 18.1. The molecule has 140 valence electrons. The van der Waals surface area contributed by atoms with Crippen molar-refractivity contribution in [3.63, 3.8) is 0 Å². The smallest absolute Gasteiger partial charge is 0.191 e. The van der Waals surface area contributed by atoms with Gasteiger partial charge in [-0.25, -0.2) is 0 Å². The molecule has 0 spiro atoms. The number of benzene rings is 1. The summed E-state index contributed by atoms with van der Waals surface area (Å²) in [6.07, 6.45) is 0.939. The zero-order valence-electron chi connectivity index (χ0n) is 15.6. The van der Waals surface area contributed by atoms with Gasteiger partial charge in [-0.3, -0.25) is 9.89 Å². The fourth-order valence-electron chi connectivity index (χ4n) is 2.86. The van der Waals surface area contributed by atoms with Crippen LogP contribution in [0.15, 0.2) is 29.3 Å². The Morgan fingerprint density at radius 2 is 1.88 bits per heavy atom. The molecule has 1 aromatic rings. The summed E-state index contributed by atoms with van der Waals surface area (Å²) in [5.41, 5.74) is 1.30. The van der Waals surface area contributed by atoms with Gasteiger partial charge in [0.1, 0.15) is 0 Å². The molecule has 0 radical (unpaired) electrons. The minimum atomic E-state index is 0.0301. The third-order valence-corrected chi connectivity index (χ3v) is 4.71. The zero-order valence-corrected chi connectivity index (χ0v) is 16.4. The minimum Gasteiger partial charge on any atom is -0.379 e. The number of guanidine groups is 1. The van der Waals surface area contributed by atoms with Crippen molar-refractivity contribution >= 4 is 17.6 Å². The summed E-state index contributed by atoms with van der Waals surface area (Å²) in [6.45, 7) is 12.6. The number of rotatable bonds is 7. The molecule has 1 aliphatic rings. The molecule has 1 heterocycles. The van der Waals surface area contributed by atoms with Gasteiger partial charge >= 0.3 is 0 Å². The van der Waals surface area contributed by atoms with E-state index in [9.17, 15) is 0 Å². The van der Waals surface area contributed by atoms with E-state index >= 15 is 0 Å². The molecule has 0 unspecified atom stereocenters. The average molecular weight is 367 g/mol. The van der Waals surface area contributed by atoms with Crippen LogP contribution >= 0.6 is 11.6 Å². The van der Waals surface area contributed by atoms with Crippen LogP contribution in [-0.4, -0.2) is 62.3 Å². The van der Waals surface area contributed by atoms with Crippen molar-refractivity contribution in [2.75, 3.05) is 45.9 Å². The first kappa shape index (κ1) is 20.0. The Hall–Kier alpha value is -1.30. The second-order valence-corrected chi connectivity index (χ2v) is 7.35. The van der Waals surface area contributed by atoms with Gasteiger partial charge in [-0.2, -0.15) is 0 Å². The molecule has 0 saturated carbocycles. The van der Waals surface area contributed by atoms with Crippen LogP contribution in [0.5, 0.6) is 0 Å². The minimum absolute atomic E-state index is 0.0301. The van der Waals surface area contributed by atoms with Crippen molar-refractivity contribution in [1.29, 1.82) is 0 Å². The molecule has 2 N–H and O–H groups in total. The Morgan fingerprint density at radius 3 is 2.52 bits per heavy atom. The first-order valence-corrected chi connectivity index (χ1v) is 9.48. The molecule has 25 heavy (non-hydrogen) atoms. The van der Waals surface area contributed by atoms with E-state index in [1.54, 1.807) is 0 Å². The number of hydrogen-bond acceptors (Lipinski definition) is 3. The van der Waals surface area contributed by atoms with Gasteiger partial charge in [-0.05, 0) is 44.9 Å². The molecule has 2 rings (SSSR count). The first-order chi connectivity index (χ1) is 12.0. The lowest BCUT2D eigenvalue weighted by molar-refractivity contribution is -0.00683. The molecular formula is C19H31ClN4O. The lowest BCUT2D eigenvalue weighted by Crippen LogP contribution is -2.52. The normalized spacial score (nSPS) is 16.7. The van der Waals surface area contributed by atoms with Crippen LogP contribution in [0.3, 0.4) is 0 Å². The highest BCUT2D eigenvalue weighted by Gasteiger charge is 2.28. The third-order valence-electron chi connectivity index (χ3n) is 4.45. The van der Waals surface area contributed by atoms with Crippen LogP contribution in [-0.2, 0) is 11.2 Å². The van der Waals surface area contributed by atoms with E-state index in [-0.39, 0.29) is 5.54 Å². The summed E-state index contributed by atoms with van der Waals surface area (Å²) in [5, 5.41) is 7.53. The van der Waals surface area contributed by atoms with Crippen LogP contribution < -0.4 is 10.6 Å². The quantitative estimate of drug-likeness (QED) is 0.575. The van der Waals surface area contributed by atoms with Crippen molar-refractivity contribution in [2.24, 2.45) is 4.99 Å². The van der Waals surface area contributed by atoms with E-state index in [1.165, 1.54) is 5.56 Å². The highest BCUT2D eigenvalue weighted by Crippen LogP contribution is 2.16. The van der Waals surface area contributed by atoms with Crippen molar-refractivity contribution in [1.82, 2.24) is 15.5 Å². The number of halogens is 1. The van der Waals surface area contributed by atoms with Crippen LogP contribution in [0.25, 0.3) is 0 Å². The van der Waals surface area contributed by atoms with E-state index in [0.717, 1.165) is 63.3 Å². The largest absolute Gasteiger partial charge is 0.379 e. The van der Waals surface area contributed by atoms with Crippen molar-refractivity contribution < 1.29 is 4.74 Å². The second kappa shape index (κ2) is 10.00. The average Bonchev–Trinajstić information content (AvgIpc) is 2.62. The van der Waals surface area contributed by atoms with Crippen LogP contribution in [0.2, 0.25) is 5.02 Å². The molecule has 6 heteroatoms. The summed E-state index contributed by atoms with van der Waals surface area (Å²) in [5.74, 6) is 0.873. The van der Waals surface area contributed by atoms with Gasteiger partial charge in [-0.1, -0.05) is 23.7 Å². The van der Waals surface area contributed by atoms with Gasteiger partial charge in [0.05, 0.1) is 19.8 Å². The molecule has 0 aromatic heterocycles. The predicted molar refractivity (Wildman–Crippen MR) is 106 cm³/mol. The molecular weight excluding hydrogens is 336 g/mol. The lowest BCUT2D eigenvalue weighted by Gasteiger charge is -2.39. The Balaban J connectivity index is 1.85. The molecule has 0 atom stereocenters. The molecule has 1 aliphatic heterocycles. The topological polar surface area (TPSA) is 48.9 Å². The summed E-state index contributed by atoms with van der Waals surface area (Å²) < 4.78 is 5.45. The molecule has 1 fully saturated rings. The molecule has 0 aliphatic carbocycles. The maximum Gasteiger partial charge on any atom is 0.191 e. The Bertz CT molecular complexity index is 539. The Morgan fingerprint density at radius 1 is 1.20 bits per heavy atom. The standard InChI is InChI=1S/C19H31ClN4O/c1-4-21-18(22-10-9-16-5-7-17(20)8-6-16)23-15-19(2,3)24-11-13-25-14-12-24/h5-8H,4,9-15H2,1-3H3,(H2,21,22,23). The number of nitrogens with zero attached hydrogens (tertiary/aromatic N) is 2. The van der Waals surface area contributed by atoms with E-state index in [2.05, 4.69) is 48.4 Å². The maximum atomic E-state index is 5.93. The number of aliphatic imine (C=N–C) groups is 1. The van der Waals surface area contributed by atoms with Crippen molar-refractivity contribution in [3.8, 4) is 0 Å². The monoisotopic (exact) mass is 366 g/mol. The summed E-state index contributed by atoms with van der Waals surface area (Å²) >= 11 is 5.93. The SMILES string of the molecule is CCNC(=NCC(C)(C)N1CCOCC1)NCCc1ccc(Cl)cc1. The highest BCUT2D eigenvalue weighted by molar-refractivity contribution is 6.30. The Kier molecular flexibility index (Phi) is 8.00. The van der Waals surface area contributed by atoms with Crippen LogP contribution in [0.1, 0.15) is 26.3 Å². The van der Waals surface area contributed by atoms with Gasteiger partial charge in [0, 0.05) is 36.7 Å². The lowest BCUT2D eigenvalue weighted by atomic mass is 10.0. The Labute approximate surface area is 156 Å². The number of morpholine rings is 1. The van der Waals surface area contributed by atoms with Crippen LogP contribution in [0.4, 0.5) is 0 Å². The van der Waals surface area contributed by atoms with Crippen molar-refractivity contribution in [3.05, 3.63) is 34.9 Å². The molecule has 0 bridgehead atoms. The van der Waals surface area contributed by atoms with E-state index in [1.807, 2.05) is 12.1 Å². The van der Waals surface area contributed by atoms with Crippen LogP contribution in [0, 0.1) is 0 Å². The first-order valence-electron chi connectivity index (χ1n) is 9.10.